The summed E-state index contributed by atoms with van der Waals surface area (Å²) in [5.74, 6) is 0.711. The Bertz CT molecular complexity index is 332. The molecule has 1 rings (SSSR count). The lowest BCUT2D eigenvalue weighted by Crippen LogP contribution is -2.18. The summed E-state index contributed by atoms with van der Waals surface area (Å²) in [6, 6.07) is 3.63. The first-order chi connectivity index (χ1) is 6.74. The Labute approximate surface area is 89.5 Å². The minimum absolute atomic E-state index is 0.0934. The molecular formula is C11H16ClNO. The van der Waals surface area contributed by atoms with Crippen LogP contribution in [0.15, 0.2) is 23.1 Å². The van der Waals surface area contributed by atoms with E-state index in [2.05, 4.69) is 0 Å². The number of halogens is 1. The van der Waals surface area contributed by atoms with Gasteiger partial charge in [-0.2, -0.15) is 0 Å². The van der Waals surface area contributed by atoms with Crippen molar-refractivity contribution < 1.29 is 0 Å². The highest BCUT2D eigenvalue weighted by molar-refractivity contribution is 6.17. The summed E-state index contributed by atoms with van der Waals surface area (Å²) in [6.45, 7) is 2.73. The van der Waals surface area contributed by atoms with E-state index in [-0.39, 0.29) is 5.56 Å². The minimum Gasteiger partial charge on any atom is -0.316 e. The summed E-state index contributed by atoms with van der Waals surface area (Å²) in [6.07, 6.45) is 5.00. The molecule has 3 heteroatoms. The zero-order valence-corrected chi connectivity index (χ0v) is 9.26. The van der Waals surface area contributed by atoms with Crippen molar-refractivity contribution in [1.82, 2.24) is 4.57 Å². The first-order valence-corrected chi connectivity index (χ1v) is 5.50. The molecule has 0 spiro atoms. The second-order valence-corrected chi connectivity index (χ2v) is 3.86. The van der Waals surface area contributed by atoms with Gasteiger partial charge in [-0.1, -0.05) is 6.42 Å². The predicted molar refractivity (Wildman–Crippen MR) is 60.0 cm³/mol. The molecule has 0 aliphatic rings. The second-order valence-electron chi connectivity index (χ2n) is 3.49. The number of nitrogens with zero attached hydrogens (tertiary/aromatic N) is 1. The Balaban J connectivity index is 2.47. The van der Waals surface area contributed by atoms with Crippen LogP contribution in [0, 0.1) is 6.92 Å². The maximum absolute atomic E-state index is 11.4. The molecule has 0 aliphatic carbocycles. The van der Waals surface area contributed by atoms with E-state index in [9.17, 15) is 4.79 Å². The van der Waals surface area contributed by atoms with Gasteiger partial charge in [0.05, 0.1) is 0 Å². The molecule has 14 heavy (non-hydrogen) atoms. The van der Waals surface area contributed by atoms with Gasteiger partial charge >= 0.3 is 0 Å². The molecule has 0 bridgehead atoms. The van der Waals surface area contributed by atoms with Crippen molar-refractivity contribution >= 4 is 11.6 Å². The van der Waals surface area contributed by atoms with Gasteiger partial charge in [-0.15, -0.1) is 11.6 Å². The fourth-order valence-corrected chi connectivity index (χ4v) is 1.53. The molecular weight excluding hydrogens is 198 g/mol. The van der Waals surface area contributed by atoms with Crippen molar-refractivity contribution in [3.05, 3.63) is 34.2 Å². The largest absolute Gasteiger partial charge is 0.316 e. The lowest BCUT2D eigenvalue weighted by atomic mass is 10.2. The first-order valence-electron chi connectivity index (χ1n) is 4.97. The Hall–Kier alpha value is -0.760. The fourth-order valence-electron chi connectivity index (χ4n) is 1.34. The van der Waals surface area contributed by atoms with Crippen LogP contribution in [0.5, 0.6) is 0 Å². The number of aromatic nitrogens is 1. The van der Waals surface area contributed by atoms with Crippen LogP contribution in [-0.2, 0) is 6.54 Å². The molecule has 1 aromatic heterocycles. The van der Waals surface area contributed by atoms with Crippen LogP contribution in [0.4, 0.5) is 0 Å². The maximum Gasteiger partial charge on any atom is 0.250 e. The standard InChI is InChI=1S/C11H16ClNO/c1-10-5-8-13(11(14)9-10)7-4-2-3-6-12/h5,8-9H,2-4,6-7H2,1H3. The first kappa shape index (κ1) is 11.3. The fraction of sp³-hybridized carbons (Fsp3) is 0.545. The van der Waals surface area contributed by atoms with Crippen LogP contribution in [0.2, 0.25) is 0 Å². The zero-order chi connectivity index (χ0) is 10.4. The molecule has 0 fully saturated rings. The smallest absolute Gasteiger partial charge is 0.250 e. The number of hydrogen-bond donors (Lipinski definition) is 0. The predicted octanol–water partition coefficient (Wildman–Crippen LogP) is 2.57. The third-order valence-electron chi connectivity index (χ3n) is 2.18. The molecule has 0 atom stereocenters. The van der Waals surface area contributed by atoms with E-state index in [0.717, 1.165) is 31.4 Å². The molecule has 0 aliphatic heterocycles. The average molecular weight is 214 g/mol. The Kier molecular flexibility index (Phi) is 4.74. The van der Waals surface area contributed by atoms with E-state index in [1.807, 2.05) is 19.2 Å². The SMILES string of the molecule is Cc1ccn(CCCCCCl)c(=O)c1. The zero-order valence-electron chi connectivity index (χ0n) is 8.50. The van der Waals surface area contributed by atoms with Crippen molar-refractivity contribution in [2.24, 2.45) is 0 Å². The summed E-state index contributed by atoms with van der Waals surface area (Å²) < 4.78 is 1.75. The lowest BCUT2D eigenvalue weighted by molar-refractivity contribution is 0.588. The topological polar surface area (TPSA) is 22.0 Å². The van der Waals surface area contributed by atoms with E-state index >= 15 is 0 Å². The van der Waals surface area contributed by atoms with Crippen LogP contribution < -0.4 is 5.56 Å². The normalized spacial score (nSPS) is 10.4. The van der Waals surface area contributed by atoms with Gasteiger partial charge in [0.2, 0.25) is 0 Å². The molecule has 0 amide bonds. The van der Waals surface area contributed by atoms with Gasteiger partial charge in [0.15, 0.2) is 0 Å². The van der Waals surface area contributed by atoms with E-state index in [0.29, 0.717) is 5.88 Å². The van der Waals surface area contributed by atoms with Gasteiger partial charge in [0, 0.05) is 24.7 Å². The molecule has 0 N–H and O–H groups in total. The van der Waals surface area contributed by atoms with Gasteiger partial charge in [0.25, 0.3) is 5.56 Å². The molecule has 78 valence electrons. The number of unbranched alkanes of at least 4 members (excludes halogenated alkanes) is 2. The minimum atomic E-state index is 0.0934. The number of pyridine rings is 1. The van der Waals surface area contributed by atoms with Crippen molar-refractivity contribution in [3.63, 3.8) is 0 Å². The van der Waals surface area contributed by atoms with Crippen molar-refractivity contribution in [2.75, 3.05) is 5.88 Å². The lowest BCUT2D eigenvalue weighted by Gasteiger charge is -2.04. The molecule has 0 saturated heterocycles. The third kappa shape index (κ3) is 3.54. The summed E-state index contributed by atoms with van der Waals surface area (Å²) in [5.41, 5.74) is 1.11. The highest BCUT2D eigenvalue weighted by Gasteiger charge is 1.95. The summed E-state index contributed by atoms with van der Waals surface area (Å²) in [4.78, 5) is 11.4. The molecule has 0 aromatic carbocycles. The van der Waals surface area contributed by atoms with E-state index in [4.69, 9.17) is 11.6 Å². The molecule has 0 radical (unpaired) electrons. The van der Waals surface area contributed by atoms with Crippen LogP contribution >= 0.6 is 11.6 Å². The Morgan fingerprint density at radius 1 is 1.36 bits per heavy atom. The maximum atomic E-state index is 11.4. The van der Waals surface area contributed by atoms with Gasteiger partial charge in [0.1, 0.15) is 0 Å². The van der Waals surface area contributed by atoms with Crippen molar-refractivity contribution in [2.45, 2.75) is 32.7 Å². The Morgan fingerprint density at radius 3 is 2.79 bits per heavy atom. The van der Waals surface area contributed by atoms with Crippen LogP contribution in [-0.4, -0.2) is 10.4 Å². The molecule has 1 heterocycles. The van der Waals surface area contributed by atoms with Gasteiger partial charge in [-0.3, -0.25) is 4.79 Å². The number of rotatable bonds is 5. The quantitative estimate of drug-likeness (QED) is 0.544. The van der Waals surface area contributed by atoms with Crippen LogP contribution in [0.1, 0.15) is 24.8 Å². The number of alkyl halides is 1. The number of aryl methyl sites for hydroxylation is 2. The van der Waals surface area contributed by atoms with Gasteiger partial charge in [-0.25, -0.2) is 0 Å². The third-order valence-corrected chi connectivity index (χ3v) is 2.45. The van der Waals surface area contributed by atoms with Crippen molar-refractivity contribution in [1.29, 1.82) is 0 Å². The number of hydrogen-bond acceptors (Lipinski definition) is 1. The summed E-state index contributed by atoms with van der Waals surface area (Å²) >= 11 is 5.57. The summed E-state index contributed by atoms with van der Waals surface area (Å²) in [5, 5.41) is 0. The van der Waals surface area contributed by atoms with E-state index in [1.54, 1.807) is 10.6 Å². The monoisotopic (exact) mass is 213 g/mol. The van der Waals surface area contributed by atoms with Gasteiger partial charge < -0.3 is 4.57 Å². The van der Waals surface area contributed by atoms with Crippen molar-refractivity contribution in [3.8, 4) is 0 Å². The van der Waals surface area contributed by atoms with E-state index in [1.165, 1.54) is 0 Å². The highest BCUT2D eigenvalue weighted by atomic mass is 35.5. The van der Waals surface area contributed by atoms with Crippen LogP contribution in [0.3, 0.4) is 0 Å². The summed E-state index contributed by atoms with van der Waals surface area (Å²) in [7, 11) is 0. The average Bonchev–Trinajstić information content (AvgIpc) is 2.15. The highest BCUT2D eigenvalue weighted by Crippen LogP contribution is 1.99. The molecule has 2 nitrogen and oxygen atoms in total. The second kappa shape index (κ2) is 5.86. The molecule has 0 unspecified atom stereocenters. The molecule has 0 saturated carbocycles. The van der Waals surface area contributed by atoms with Gasteiger partial charge in [-0.05, 0) is 31.4 Å². The Morgan fingerprint density at radius 2 is 2.14 bits per heavy atom. The molecule has 1 aromatic rings. The van der Waals surface area contributed by atoms with Crippen LogP contribution in [0.25, 0.3) is 0 Å². The van der Waals surface area contributed by atoms with E-state index < -0.39 is 0 Å².